The van der Waals surface area contributed by atoms with Gasteiger partial charge in [0, 0.05) is 12.8 Å². The second-order valence-corrected chi connectivity index (χ2v) is 7.72. The Morgan fingerprint density at radius 3 is 2.88 bits per heavy atom. The zero-order valence-corrected chi connectivity index (χ0v) is 15.0. The van der Waals surface area contributed by atoms with Crippen LogP contribution in [0, 0.1) is 5.92 Å². The Balaban J connectivity index is 1.92. The third-order valence-corrected chi connectivity index (χ3v) is 4.26. The molecule has 0 spiro atoms. The number of hydrogen-bond acceptors (Lipinski definition) is 3. The molecule has 0 saturated carbocycles. The second-order valence-electron chi connectivity index (χ2n) is 7.72. The Hall–Kier alpha value is -2.10. The highest BCUT2D eigenvalue weighted by molar-refractivity contribution is 5.84. The molecule has 4 nitrogen and oxygen atoms in total. The van der Waals surface area contributed by atoms with Gasteiger partial charge in [-0.1, -0.05) is 19.1 Å². The third kappa shape index (κ3) is 3.69. The van der Waals surface area contributed by atoms with Crippen LogP contribution in [0.15, 0.2) is 29.3 Å². The predicted molar refractivity (Wildman–Crippen MR) is 97.6 cm³/mol. The number of nitrogens with zero attached hydrogens (tertiary/aromatic N) is 2. The number of benzene rings is 1. The number of amides is 1. The van der Waals surface area contributed by atoms with E-state index in [-0.39, 0.29) is 6.09 Å². The van der Waals surface area contributed by atoms with Crippen molar-refractivity contribution in [1.29, 1.82) is 0 Å². The minimum atomic E-state index is -0.493. The van der Waals surface area contributed by atoms with Crippen molar-refractivity contribution in [2.45, 2.75) is 52.6 Å². The van der Waals surface area contributed by atoms with Gasteiger partial charge in [-0.25, -0.2) is 4.79 Å². The molecule has 0 fully saturated rings. The maximum Gasteiger partial charge on any atom is 0.414 e. The lowest BCUT2D eigenvalue weighted by Crippen LogP contribution is -2.39. The average Bonchev–Trinajstić information content (AvgIpc) is 2.53. The first-order chi connectivity index (χ1) is 11.3. The zero-order chi connectivity index (χ0) is 17.3. The molecule has 1 aromatic rings. The number of allylic oxidation sites excluding steroid dienone is 1. The standard InChI is InChI=1S/C20H26N2O2/c1-14-7-10-18(22(13-14)19(23)24-20(2,3)4)16-8-9-17-15(12-16)6-5-11-21-17/h8-12,14H,5-7,13H2,1-4H3. The molecule has 0 aromatic heterocycles. The summed E-state index contributed by atoms with van der Waals surface area (Å²) >= 11 is 0. The maximum absolute atomic E-state index is 12.7. The normalized spacial score (nSPS) is 20.4. The number of carbonyl (C=O) groups excluding carboxylic acids is 1. The Bertz CT molecular complexity index is 698. The van der Waals surface area contributed by atoms with Gasteiger partial charge in [0.2, 0.25) is 0 Å². The van der Waals surface area contributed by atoms with Crippen LogP contribution in [0.4, 0.5) is 10.5 Å². The van der Waals surface area contributed by atoms with Crippen LogP contribution in [0.1, 0.15) is 51.7 Å². The fourth-order valence-electron chi connectivity index (χ4n) is 3.13. The molecule has 1 atom stereocenters. The van der Waals surface area contributed by atoms with Crippen LogP contribution < -0.4 is 0 Å². The summed E-state index contributed by atoms with van der Waals surface area (Å²) in [5, 5.41) is 0. The highest BCUT2D eigenvalue weighted by atomic mass is 16.6. The molecule has 1 amide bonds. The quantitative estimate of drug-likeness (QED) is 0.732. The van der Waals surface area contributed by atoms with E-state index in [4.69, 9.17) is 4.74 Å². The summed E-state index contributed by atoms with van der Waals surface area (Å²) < 4.78 is 5.61. The van der Waals surface area contributed by atoms with Crippen LogP contribution >= 0.6 is 0 Å². The molecule has 128 valence electrons. The lowest BCUT2D eigenvalue weighted by molar-refractivity contribution is 0.0327. The number of fused-ring (bicyclic) bond motifs is 1. The van der Waals surface area contributed by atoms with E-state index in [1.165, 1.54) is 5.56 Å². The fraction of sp³-hybridized carbons (Fsp3) is 0.500. The lowest BCUT2D eigenvalue weighted by atomic mass is 9.95. The van der Waals surface area contributed by atoms with Gasteiger partial charge in [0.25, 0.3) is 0 Å². The molecule has 1 unspecified atom stereocenters. The molecule has 2 heterocycles. The second kappa shape index (κ2) is 6.42. The van der Waals surface area contributed by atoms with Crippen LogP contribution in [0.5, 0.6) is 0 Å². The topological polar surface area (TPSA) is 41.9 Å². The first-order valence-electron chi connectivity index (χ1n) is 8.70. The summed E-state index contributed by atoms with van der Waals surface area (Å²) in [6.07, 6.45) is 6.81. The van der Waals surface area contributed by atoms with Gasteiger partial charge >= 0.3 is 6.09 Å². The summed E-state index contributed by atoms with van der Waals surface area (Å²) in [6.45, 7) is 8.55. The molecule has 1 aromatic carbocycles. The van der Waals surface area contributed by atoms with E-state index in [0.29, 0.717) is 12.5 Å². The van der Waals surface area contributed by atoms with Gasteiger partial charge in [-0.3, -0.25) is 9.89 Å². The Morgan fingerprint density at radius 2 is 2.12 bits per heavy atom. The summed E-state index contributed by atoms with van der Waals surface area (Å²) in [6, 6.07) is 6.28. The highest BCUT2D eigenvalue weighted by Gasteiger charge is 2.29. The number of aliphatic imine (C=N–C) groups is 1. The average molecular weight is 326 g/mol. The van der Waals surface area contributed by atoms with Crippen LogP contribution in [-0.4, -0.2) is 29.4 Å². The van der Waals surface area contributed by atoms with Crippen molar-refractivity contribution in [1.82, 2.24) is 4.90 Å². The largest absolute Gasteiger partial charge is 0.443 e. The Labute approximate surface area is 144 Å². The van der Waals surface area contributed by atoms with Gasteiger partial charge < -0.3 is 4.74 Å². The van der Waals surface area contributed by atoms with Crippen molar-refractivity contribution < 1.29 is 9.53 Å². The van der Waals surface area contributed by atoms with E-state index in [2.05, 4.69) is 30.1 Å². The van der Waals surface area contributed by atoms with Gasteiger partial charge in [-0.15, -0.1) is 0 Å². The smallest absolute Gasteiger partial charge is 0.414 e. The SMILES string of the molecule is CC1CC=C(c2ccc3c(c2)CCC=N3)N(C(=O)OC(C)(C)C)C1. The van der Waals surface area contributed by atoms with E-state index in [0.717, 1.165) is 36.2 Å². The minimum Gasteiger partial charge on any atom is -0.443 e. The van der Waals surface area contributed by atoms with Gasteiger partial charge in [0.1, 0.15) is 5.60 Å². The first kappa shape index (κ1) is 16.7. The molecule has 0 radical (unpaired) electrons. The van der Waals surface area contributed by atoms with Crippen molar-refractivity contribution in [2.75, 3.05) is 6.54 Å². The molecule has 24 heavy (non-hydrogen) atoms. The summed E-state index contributed by atoms with van der Waals surface area (Å²) in [7, 11) is 0. The number of ether oxygens (including phenoxy) is 1. The van der Waals surface area contributed by atoms with Crippen molar-refractivity contribution in [3.8, 4) is 0 Å². The monoisotopic (exact) mass is 326 g/mol. The van der Waals surface area contributed by atoms with Crippen LogP contribution in [0.2, 0.25) is 0 Å². The van der Waals surface area contributed by atoms with Crippen molar-refractivity contribution in [3.63, 3.8) is 0 Å². The molecular formula is C20H26N2O2. The molecule has 0 bridgehead atoms. The summed E-state index contributed by atoms with van der Waals surface area (Å²) in [5.74, 6) is 0.434. The minimum absolute atomic E-state index is 0.268. The Kier molecular flexibility index (Phi) is 4.48. The Morgan fingerprint density at radius 1 is 1.33 bits per heavy atom. The van der Waals surface area contributed by atoms with E-state index >= 15 is 0 Å². The summed E-state index contributed by atoms with van der Waals surface area (Å²) in [5.41, 5.74) is 3.83. The molecule has 3 rings (SSSR count). The lowest BCUT2D eigenvalue weighted by Gasteiger charge is -2.34. The van der Waals surface area contributed by atoms with Crippen LogP contribution in [0.3, 0.4) is 0 Å². The van der Waals surface area contributed by atoms with Crippen LogP contribution in [-0.2, 0) is 11.2 Å². The van der Waals surface area contributed by atoms with Crippen molar-refractivity contribution >= 4 is 23.7 Å². The molecule has 0 N–H and O–H groups in total. The molecule has 0 saturated heterocycles. The zero-order valence-electron chi connectivity index (χ0n) is 15.0. The maximum atomic E-state index is 12.7. The number of rotatable bonds is 1. The van der Waals surface area contributed by atoms with Gasteiger partial charge in [-0.05, 0) is 69.2 Å². The number of carbonyl (C=O) groups is 1. The molecule has 0 aliphatic carbocycles. The fourth-order valence-corrected chi connectivity index (χ4v) is 3.13. The van der Waals surface area contributed by atoms with Gasteiger partial charge in [-0.2, -0.15) is 0 Å². The third-order valence-electron chi connectivity index (χ3n) is 4.26. The molecule has 4 heteroatoms. The van der Waals surface area contributed by atoms with Crippen LogP contribution in [0.25, 0.3) is 5.70 Å². The van der Waals surface area contributed by atoms with E-state index in [1.54, 1.807) is 4.90 Å². The molecule has 2 aliphatic heterocycles. The van der Waals surface area contributed by atoms with Crippen molar-refractivity contribution in [3.05, 3.63) is 35.4 Å². The van der Waals surface area contributed by atoms with Gasteiger partial charge in [0.05, 0.1) is 11.4 Å². The number of aryl methyl sites for hydroxylation is 1. The summed E-state index contributed by atoms with van der Waals surface area (Å²) in [4.78, 5) is 18.9. The predicted octanol–water partition coefficient (Wildman–Crippen LogP) is 4.95. The number of hydrogen-bond donors (Lipinski definition) is 0. The first-order valence-corrected chi connectivity index (χ1v) is 8.70. The molecular weight excluding hydrogens is 300 g/mol. The van der Waals surface area contributed by atoms with Gasteiger partial charge in [0.15, 0.2) is 0 Å². The van der Waals surface area contributed by atoms with E-state index in [1.807, 2.05) is 33.1 Å². The van der Waals surface area contributed by atoms with Crippen molar-refractivity contribution in [2.24, 2.45) is 10.9 Å². The molecule has 2 aliphatic rings. The van der Waals surface area contributed by atoms with E-state index in [9.17, 15) is 4.79 Å². The van der Waals surface area contributed by atoms with E-state index < -0.39 is 5.60 Å². The highest BCUT2D eigenvalue weighted by Crippen LogP contribution is 2.33.